The second-order valence-corrected chi connectivity index (χ2v) is 5.10. The fourth-order valence-electron chi connectivity index (χ4n) is 2.30. The summed E-state index contributed by atoms with van der Waals surface area (Å²) in [5.41, 5.74) is 3.94. The number of carbonyl (C=O) groups is 1. The van der Waals surface area contributed by atoms with Gasteiger partial charge in [0.15, 0.2) is 5.78 Å². The number of nitrogens with one attached hydrogen (secondary N) is 1. The Hall–Kier alpha value is -1.35. The van der Waals surface area contributed by atoms with Gasteiger partial charge in [-0.15, -0.1) is 0 Å². The molecule has 0 heterocycles. The smallest absolute Gasteiger partial charge is 0.177 e. The molecule has 0 amide bonds. The predicted molar refractivity (Wildman–Crippen MR) is 72.6 cm³/mol. The lowest BCUT2D eigenvalue weighted by Crippen LogP contribution is -2.26. The van der Waals surface area contributed by atoms with Crippen molar-refractivity contribution in [2.24, 2.45) is 0 Å². The van der Waals surface area contributed by atoms with Crippen LogP contribution in [0.2, 0.25) is 0 Å². The Morgan fingerprint density at radius 1 is 1.33 bits per heavy atom. The van der Waals surface area contributed by atoms with Gasteiger partial charge >= 0.3 is 0 Å². The maximum absolute atomic E-state index is 12.3. The molecule has 1 aromatic carbocycles. The van der Waals surface area contributed by atoms with Crippen molar-refractivity contribution < 1.29 is 9.53 Å². The van der Waals surface area contributed by atoms with E-state index >= 15 is 0 Å². The van der Waals surface area contributed by atoms with Gasteiger partial charge < -0.3 is 10.1 Å². The number of ketones is 1. The molecule has 3 heteroatoms. The summed E-state index contributed by atoms with van der Waals surface area (Å²) in [6, 6.07) is 2.51. The third-order valence-electron chi connectivity index (χ3n) is 3.68. The predicted octanol–water partition coefficient (Wildman–Crippen LogP) is 2.56. The topological polar surface area (TPSA) is 38.3 Å². The SMILES string of the molecule is COc1cc(C)c(C(=O)CNC2CC2)c(C)c1C. The molecule has 0 radical (unpaired) electrons. The first-order valence-electron chi connectivity index (χ1n) is 6.46. The van der Waals surface area contributed by atoms with E-state index in [2.05, 4.69) is 5.32 Å². The highest BCUT2D eigenvalue weighted by Gasteiger charge is 2.23. The molecule has 1 fully saturated rings. The van der Waals surface area contributed by atoms with E-state index in [0.717, 1.165) is 28.0 Å². The van der Waals surface area contributed by atoms with Crippen LogP contribution in [0.15, 0.2) is 6.07 Å². The van der Waals surface area contributed by atoms with E-state index in [1.165, 1.54) is 12.8 Å². The molecule has 1 aliphatic carbocycles. The zero-order valence-corrected chi connectivity index (χ0v) is 11.6. The Morgan fingerprint density at radius 2 is 2.00 bits per heavy atom. The molecule has 1 saturated carbocycles. The van der Waals surface area contributed by atoms with Crippen molar-refractivity contribution in [1.82, 2.24) is 5.32 Å². The molecule has 0 unspecified atom stereocenters. The maximum Gasteiger partial charge on any atom is 0.177 e. The van der Waals surface area contributed by atoms with Gasteiger partial charge in [0.25, 0.3) is 0 Å². The van der Waals surface area contributed by atoms with E-state index in [-0.39, 0.29) is 5.78 Å². The largest absolute Gasteiger partial charge is 0.496 e. The summed E-state index contributed by atoms with van der Waals surface area (Å²) >= 11 is 0. The fourth-order valence-corrected chi connectivity index (χ4v) is 2.30. The number of rotatable bonds is 5. The lowest BCUT2D eigenvalue weighted by atomic mass is 9.94. The molecule has 0 atom stereocenters. The Balaban J connectivity index is 2.25. The van der Waals surface area contributed by atoms with Crippen molar-refractivity contribution in [1.29, 1.82) is 0 Å². The minimum atomic E-state index is 0.183. The first-order chi connectivity index (χ1) is 8.54. The molecule has 0 bridgehead atoms. The van der Waals surface area contributed by atoms with Crippen LogP contribution >= 0.6 is 0 Å². The van der Waals surface area contributed by atoms with E-state index in [0.29, 0.717) is 12.6 Å². The van der Waals surface area contributed by atoms with Gasteiger partial charge in [-0.25, -0.2) is 0 Å². The minimum Gasteiger partial charge on any atom is -0.496 e. The van der Waals surface area contributed by atoms with Crippen LogP contribution in [-0.2, 0) is 0 Å². The summed E-state index contributed by atoms with van der Waals surface area (Å²) in [6.07, 6.45) is 2.40. The first-order valence-corrected chi connectivity index (χ1v) is 6.46. The molecule has 2 rings (SSSR count). The van der Waals surface area contributed by atoms with Crippen molar-refractivity contribution >= 4 is 5.78 Å². The third kappa shape index (κ3) is 2.56. The average molecular weight is 247 g/mol. The van der Waals surface area contributed by atoms with Crippen LogP contribution in [0.4, 0.5) is 0 Å². The van der Waals surface area contributed by atoms with Gasteiger partial charge in [-0.05, 0) is 56.4 Å². The fraction of sp³-hybridized carbons (Fsp3) is 0.533. The summed E-state index contributed by atoms with van der Waals surface area (Å²) in [7, 11) is 1.66. The van der Waals surface area contributed by atoms with Gasteiger partial charge in [-0.3, -0.25) is 4.79 Å². The Labute approximate surface area is 109 Å². The number of Topliss-reactive ketones (excluding diaryl/α,β-unsaturated/α-hetero) is 1. The van der Waals surface area contributed by atoms with E-state index in [1.54, 1.807) is 7.11 Å². The Bertz CT molecular complexity index is 476. The standard InChI is InChI=1S/C15H21NO2/c1-9-7-14(18-4)10(2)11(3)15(9)13(17)8-16-12-5-6-12/h7,12,16H,5-6,8H2,1-4H3. The molecule has 3 nitrogen and oxygen atoms in total. The van der Waals surface area contributed by atoms with Gasteiger partial charge in [0, 0.05) is 11.6 Å². The number of hydrogen-bond acceptors (Lipinski definition) is 3. The van der Waals surface area contributed by atoms with Crippen molar-refractivity contribution in [2.45, 2.75) is 39.7 Å². The van der Waals surface area contributed by atoms with E-state index in [4.69, 9.17) is 4.74 Å². The van der Waals surface area contributed by atoms with Gasteiger partial charge in [0.05, 0.1) is 13.7 Å². The molecule has 98 valence electrons. The molecule has 0 saturated heterocycles. The van der Waals surface area contributed by atoms with Gasteiger partial charge in [-0.1, -0.05) is 0 Å². The summed E-state index contributed by atoms with van der Waals surface area (Å²) < 4.78 is 5.32. The van der Waals surface area contributed by atoms with Crippen LogP contribution in [0.5, 0.6) is 5.75 Å². The van der Waals surface area contributed by atoms with Crippen molar-refractivity contribution in [3.8, 4) is 5.75 Å². The van der Waals surface area contributed by atoms with Crippen LogP contribution in [0.25, 0.3) is 0 Å². The average Bonchev–Trinajstić information content (AvgIpc) is 3.15. The van der Waals surface area contributed by atoms with E-state index < -0.39 is 0 Å². The molecular weight excluding hydrogens is 226 g/mol. The molecule has 18 heavy (non-hydrogen) atoms. The number of ether oxygens (including phenoxy) is 1. The second kappa shape index (κ2) is 5.11. The zero-order valence-electron chi connectivity index (χ0n) is 11.6. The highest BCUT2D eigenvalue weighted by atomic mass is 16.5. The zero-order chi connectivity index (χ0) is 13.3. The lowest BCUT2D eigenvalue weighted by molar-refractivity contribution is 0.0989. The number of benzene rings is 1. The summed E-state index contributed by atoms with van der Waals surface area (Å²) in [5.74, 6) is 1.04. The molecule has 1 aromatic rings. The van der Waals surface area contributed by atoms with Gasteiger partial charge in [0.2, 0.25) is 0 Å². The Morgan fingerprint density at radius 3 is 2.56 bits per heavy atom. The van der Waals surface area contributed by atoms with Gasteiger partial charge in [-0.2, -0.15) is 0 Å². The minimum absolute atomic E-state index is 0.183. The summed E-state index contributed by atoms with van der Waals surface area (Å²) in [4.78, 5) is 12.3. The number of hydrogen-bond donors (Lipinski definition) is 1. The molecule has 0 aromatic heterocycles. The molecule has 0 spiro atoms. The lowest BCUT2D eigenvalue weighted by Gasteiger charge is -2.15. The molecule has 1 N–H and O–H groups in total. The summed E-state index contributed by atoms with van der Waals surface area (Å²) in [6.45, 7) is 6.41. The monoisotopic (exact) mass is 247 g/mol. The van der Waals surface area contributed by atoms with E-state index in [9.17, 15) is 4.79 Å². The second-order valence-electron chi connectivity index (χ2n) is 5.10. The third-order valence-corrected chi connectivity index (χ3v) is 3.68. The van der Waals surface area contributed by atoms with Crippen LogP contribution in [-0.4, -0.2) is 25.5 Å². The normalized spacial score (nSPS) is 14.7. The van der Waals surface area contributed by atoms with Crippen molar-refractivity contribution in [3.05, 3.63) is 28.3 Å². The molecule has 0 aliphatic heterocycles. The quantitative estimate of drug-likeness (QED) is 0.813. The first kappa shape index (κ1) is 13.1. The van der Waals surface area contributed by atoms with Crippen molar-refractivity contribution in [3.63, 3.8) is 0 Å². The molecule has 1 aliphatic rings. The highest BCUT2D eigenvalue weighted by molar-refractivity contribution is 6.00. The number of methoxy groups -OCH3 is 1. The number of carbonyl (C=O) groups excluding carboxylic acids is 1. The van der Waals surface area contributed by atoms with Crippen LogP contribution < -0.4 is 10.1 Å². The van der Waals surface area contributed by atoms with Crippen molar-refractivity contribution in [2.75, 3.05) is 13.7 Å². The van der Waals surface area contributed by atoms with Crippen LogP contribution in [0.1, 0.15) is 39.9 Å². The molecular formula is C15H21NO2. The van der Waals surface area contributed by atoms with Crippen LogP contribution in [0, 0.1) is 20.8 Å². The van der Waals surface area contributed by atoms with Crippen LogP contribution in [0.3, 0.4) is 0 Å². The summed E-state index contributed by atoms with van der Waals surface area (Å²) in [5, 5.41) is 3.28. The van der Waals surface area contributed by atoms with E-state index in [1.807, 2.05) is 26.8 Å². The highest BCUT2D eigenvalue weighted by Crippen LogP contribution is 2.28. The maximum atomic E-state index is 12.3. The Kier molecular flexibility index (Phi) is 3.71. The van der Waals surface area contributed by atoms with Gasteiger partial charge in [0.1, 0.15) is 5.75 Å². The number of aryl methyl sites for hydroxylation is 1.